The van der Waals surface area contributed by atoms with Crippen LogP contribution in [0.1, 0.15) is 35.3 Å². The summed E-state index contributed by atoms with van der Waals surface area (Å²) in [6, 6.07) is 6.68. The fourth-order valence-electron chi connectivity index (χ4n) is 2.56. The molecule has 2 aromatic carbocycles. The predicted octanol–water partition coefficient (Wildman–Crippen LogP) is 3.80. The van der Waals surface area contributed by atoms with E-state index in [-0.39, 0.29) is 11.4 Å². The van der Waals surface area contributed by atoms with Crippen molar-refractivity contribution in [2.75, 3.05) is 7.05 Å². The number of amides is 1. The van der Waals surface area contributed by atoms with Crippen molar-refractivity contribution >= 4 is 15.9 Å². The third-order valence-electron chi connectivity index (χ3n) is 3.92. The maximum Gasteiger partial charge on any atom is 0.416 e. The van der Waals surface area contributed by atoms with Gasteiger partial charge in [-0.2, -0.15) is 13.2 Å². The van der Waals surface area contributed by atoms with Crippen LogP contribution in [0.2, 0.25) is 0 Å². The second kappa shape index (κ2) is 8.50. The number of hydrogen-bond donors (Lipinski definition) is 1. The molecule has 2 aromatic rings. The van der Waals surface area contributed by atoms with E-state index in [4.69, 9.17) is 0 Å². The fourth-order valence-corrected chi connectivity index (χ4v) is 3.84. The average Bonchev–Trinajstić information content (AvgIpc) is 2.60. The predicted molar refractivity (Wildman–Crippen MR) is 99.1 cm³/mol. The summed E-state index contributed by atoms with van der Waals surface area (Å²) < 4.78 is 78.9. The second-order valence-corrected chi connectivity index (χ2v) is 8.49. The van der Waals surface area contributed by atoms with Crippen LogP contribution < -0.4 is 4.72 Å². The Hall–Kier alpha value is -2.46. The van der Waals surface area contributed by atoms with Crippen LogP contribution in [0.25, 0.3) is 0 Å². The number of carbonyl (C=O) groups excluding carboxylic acids is 1. The Morgan fingerprint density at radius 2 is 1.69 bits per heavy atom. The van der Waals surface area contributed by atoms with Crippen LogP contribution in [-0.2, 0) is 22.7 Å². The molecule has 10 heteroatoms. The molecule has 0 bridgehead atoms. The van der Waals surface area contributed by atoms with Gasteiger partial charge >= 0.3 is 6.18 Å². The number of benzene rings is 2. The highest BCUT2D eigenvalue weighted by molar-refractivity contribution is 7.89. The van der Waals surface area contributed by atoms with Crippen LogP contribution in [-0.4, -0.2) is 32.3 Å². The molecule has 0 saturated heterocycles. The normalized spacial score (nSPS) is 12.3. The lowest BCUT2D eigenvalue weighted by molar-refractivity contribution is -0.137. The highest BCUT2D eigenvalue weighted by Crippen LogP contribution is 2.29. The molecular formula is C19H20F4N2O3S. The van der Waals surface area contributed by atoms with Crippen molar-refractivity contribution in [3.8, 4) is 0 Å². The zero-order chi connectivity index (χ0) is 22.0. The summed E-state index contributed by atoms with van der Waals surface area (Å²) in [5, 5.41) is 0. The van der Waals surface area contributed by atoms with Gasteiger partial charge in [0, 0.05) is 19.6 Å². The van der Waals surface area contributed by atoms with Gasteiger partial charge < -0.3 is 4.90 Å². The van der Waals surface area contributed by atoms with Crippen LogP contribution in [0.15, 0.2) is 47.4 Å². The van der Waals surface area contributed by atoms with Gasteiger partial charge in [0.2, 0.25) is 10.0 Å². The van der Waals surface area contributed by atoms with E-state index in [1.54, 1.807) is 13.8 Å². The van der Waals surface area contributed by atoms with E-state index in [0.29, 0.717) is 5.56 Å². The SMILES string of the molecule is CC(C)NS(=O)(=O)c1ccc(F)c(C(=O)N(C)Cc2ccc(C(F)(F)F)cc2)c1. The van der Waals surface area contributed by atoms with E-state index in [1.165, 1.54) is 19.2 Å². The molecule has 0 aliphatic rings. The van der Waals surface area contributed by atoms with Crippen LogP contribution in [0.3, 0.4) is 0 Å². The molecule has 0 spiro atoms. The molecule has 1 amide bonds. The Balaban J connectivity index is 2.24. The molecule has 1 N–H and O–H groups in total. The first-order valence-corrected chi connectivity index (χ1v) is 10.0. The van der Waals surface area contributed by atoms with Crippen molar-refractivity contribution < 1.29 is 30.8 Å². The van der Waals surface area contributed by atoms with E-state index in [2.05, 4.69) is 4.72 Å². The summed E-state index contributed by atoms with van der Waals surface area (Å²) in [6.45, 7) is 3.15. The zero-order valence-corrected chi connectivity index (χ0v) is 16.7. The highest BCUT2D eigenvalue weighted by Gasteiger charge is 2.30. The minimum absolute atomic E-state index is 0.0857. The number of carbonyl (C=O) groups is 1. The van der Waals surface area contributed by atoms with Crippen molar-refractivity contribution in [1.29, 1.82) is 0 Å². The van der Waals surface area contributed by atoms with Gasteiger partial charge in [0.05, 0.1) is 16.0 Å². The Labute approximate surface area is 166 Å². The summed E-state index contributed by atoms with van der Waals surface area (Å²) in [7, 11) is -2.59. The molecule has 0 atom stereocenters. The van der Waals surface area contributed by atoms with Gasteiger partial charge in [0.15, 0.2) is 0 Å². The smallest absolute Gasteiger partial charge is 0.337 e. The van der Waals surface area contributed by atoms with Gasteiger partial charge in [-0.1, -0.05) is 12.1 Å². The quantitative estimate of drug-likeness (QED) is 0.706. The molecule has 5 nitrogen and oxygen atoms in total. The Morgan fingerprint density at radius 1 is 1.10 bits per heavy atom. The summed E-state index contributed by atoms with van der Waals surface area (Å²) in [5.41, 5.74) is -0.873. The highest BCUT2D eigenvalue weighted by atomic mass is 32.2. The van der Waals surface area contributed by atoms with Crippen molar-refractivity contribution in [2.24, 2.45) is 0 Å². The van der Waals surface area contributed by atoms with E-state index in [0.717, 1.165) is 35.2 Å². The van der Waals surface area contributed by atoms with Crippen molar-refractivity contribution in [3.63, 3.8) is 0 Å². The summed E-state index contributed by atoms with van der Waals surface area (Å²) in [4.78, 5) is 13.4. The molecule has 158 valence electrons. The number of hydrogen-bond acceptors (Lipinski definition) is 3. The first kappa shape index (κ1) is 22.8. The number of halogens is 4. The van der Waals surface area contributed by atoms with Gasteiger partial charge in [-0.15, -0.1) is 0 Å². The van der Waals surface area contributed by atoms with Crippen molar-refractivity contribution in [3.05, 3.63) is 65.0 Å². The minimum atomic E-state index is -4.47. The standard InChI is InChI=1S/C19H20F4N2O3S/c1-12(2)24-29(27,28)15-8-9-17(20)16(10-15)18(26)25(3)11-13-4-6-14(7-5-13)19(21,22)23/h4-10,12,24H,11H2,1-3H3. The average molecular weight is 432 g/mol. The largest absolute Gasteiger partial charge is 0.416 e. The Morgan fingerprint density at radius 3 is 2.21 bits per heavy atom. The Bertz CT molecular complexity index is 988. The third kappa shape index (κ3) is 5.77. The molecule has 2 rings (SSSR count). The second-order valence-electron chi connectivity index (χ2n) is 6.77. The number of rotatable bonds is 6. The number of alkyl halides is 3. The molecule has 0 aliphatic carbocycles. The van der Waals surface area contributed by atoms with Gasteiger partial charge in [-0.3, -0.25) is 4.79 Å². The van der Waals surface area contributed by atoms with E-state index in [1.807, 2.05) is 0 Å². The summed E-state index contributed by atoms with van der Waals surface area (Å²) in [5.74, 6) is -1.71. The van der Waals surface area contributed by atoms with Crippen LogP contribution in [0.5, 0.6) is 0 Å². The molecular weight excluding hydrogens is 412 g/mol. The monoisotopic (exact) mass is 432 g/mol. The van der Waals surface area contributed by atoms with Crippen LogP contribution in [0, 0.1) is 5.82 Å². The minimum Gasteiger partial charge on any atom is -0.337 e. The van der Waals surface area contributed by atoms with E-state index in [9.17, 15) is 30.8 Å². The lowest BCUT2D eigenvalue weighted by atomic mass is 10.1. The molecule has 0 heterocycles. The van der Waals surface area contributed by atoms with Crippen molar-refractivity contribution in [2.45, 2.75) is 37.5 Å². The molecule has 0 aromatic heterocycles. The van der Waals surface area contributed by atoms with E-state index < -0.39 is 45.1 Å². The molecule has 0 fully saturated rings. The first-order chi connectivity index (χ1) is 13.3. The maximum absolute atomic E-state index is 14.2. The molecule has 0 aliphatic heterocycles. The summed E-state index contributed by atoms with van der Waals surface area (Å²) >= 11 is 0. The zero-order valence-electron chi connectivity index (χ0n) is 15.9. The Kier molecular flexibility index (Phi) is 6.69. The number of nitrogens with zero attached hydrogens (tertiary/aromatic N) is 1. The van der Waals surface area contributed by atoms with Crippen molar-refractivity contribution in [1.82, 2.24) is 9.62 Å². The fraction of sp³-hybridized carbons (Fsp3) is 0.316. The van der Waals surface area contributed by atoms with E-state index >= 15 is 0 Å². The third-order valence-corrected chi connectivity index (χ3v) is 5.57. The molecule has 0 saturated carbocycles. The van der Waals surface area contributed by atoms with Gasteiger partial charge in [0.1, 0.15) is 5.82 Å². The number of nitrogens with one attached hydrogen (secondary N) is 1. The van der Waals surface area contributed by atoms with Gasteiger partial charge in [-0.05, 0) is 49.7 Å². The lowest BCUT2D eigenvalue weighted by Gasteiger charge is -2.19. The lowest BCUT2D eigenvalue weighted by Crippen LogP contribution is -2.31. The molecule has 29 heavy (non-hydrogen) atoms. The maximum atomic E-state index is 14.2. The molecule has 0 unspecified atom stereocenters. The van der Waals surface area contributed by atoms with Gasteiger partial charge in [-0.25, -0.2) is 17.5 Å². The van der Waals surface area contributed by atoms with Crippen LogP contribution >= 0.6 is 0 Å². The topological polar surface area (TPSA) is 66.5 Å². The molecule has 0 radical (unpaired) electrons. The first-order valence-electron chi connectivity index (χ1n) is 8.55. The number of sulfonamides is 1. The van der Waals surface area contributed by atoms with Crippen LogP contribution in [0.4, 0.5) is 17.6 Å². The summed E-state index contributed by atoms with van der Waals surface area (Å²) in [6.07, 6.45) is -4.47. The van der Waals surface area contributed by atoms with Gasteiger partial charge in [0.25, 0.3) is 5.91 Å².